The first-order valence-electron chi connectivity index (χ1n) is 5.32. The average molecular weight is 279 g/mol. The summed E-state index contributed by atoms with van der Waals surface area (Å²) in [5, 5.41) is 1.09. The number of fused-ring (bicyclic) bond motifs is 1. The van der Waals surface area contributed by atoms with Crippen molar-refractivity contribution in [3.8, 4) is 5.69 Å². The third-order valence-electron chi connectivity index (χ3n) is 2.74. The fraction of sp³-hybridized carbons (Fsp3) is 0. The van der Waals surface area contributed by atoms with Crippen molar-refractivity contribution in [3.05, 3.63) is 63.0 Å². The number of H-pyrrole nitrogens is 1. The number of para-hydroxylation sites is 1. The zero-order valence-corrected chi connectivity index (χ0v) is 10.7. The molecule has 0 saturated heterocycles. The largest absolute Gasteiger partial charge is 0.331 e. The minimum Gasteiger partial charge on any atom is -0.305 e. The van der Waals surface area contributed by atoms with E-state index in [0.29, 0.717) is 21.2 Å². The van der Waals surface area contributed by atoms with Gasteiger partial charge in [-0.1, -0.05) is 35.3 Å². The van der Waals surface area contributed by atoms with Crippen molar-refractivity contribution >= 4 is 34.2 Å². The van der Waals surface area contributed by atoms with Crippen molar-refractivity contribution in [2.75, 3.05) is 0 Å². The zero-order valence-electron chi connectivity index (χ0n) is 9.15. The number of halogens is 2. The number of rotatable bonds is 1. The molecule has 0 aliphatic heterocycles. The van der Waals surface area contributed by atoms with Gasteiger partial charge in [0.25, 0.3) is 0 Å². The van der Waals surface area contributed by atoms with E-state index >= 15 is 0 Å². The second-order valence-corrected chi connectivity index (χ2v) is 4.72. The van der Waals surface area contributed by atoms with E-state index in [1.165, 1.54) is 4.57 Å². The Morgan fingerprint density at radius 2 is 1.83 bits per heavy atom. The second kappa shape index (κ2) is 4.19. The highest BCUT2D eigenvalue weighted by Gasteiger charge is 2.11. The molecule has 5 heteroatoms. The summed E-state index contributed by atoms with van der Waals surface area (Å²) >= 11 is 12.1. The Hall–Kier alpha value is -1.71. The Balaban J connectivity index is 2.42. The van der Waals surface area contributed by atoms with E-state index in [2.05, 4.69) is 4.98 Å². The Morgan fingerprint density at radius 1 is 1.06 bits per heavy atom. The van der Waals surface area contributed by atoms with Crippen molar-refractivity contribution < 1.29 is 0 Å². The minimum absolute atomic E-state index is 0.236. The van der Waals surface area contributed by atoms with Crippen molar-refractivity contribution in [1.82, 2.24) is 9.55 Å². The van der Waals surface area contributed by atoms with Crippen LogP contribution in [0.15, 0.2) is 47.3 Å². The van der Waals surface area contributed by atoms with Crippen LogP contribution in [0.25, 0.3) is 16.7 Å². The number of nitrogens with one attached hydrogen (secondary N) is 1. The van der Waals surface area contributed by atoms with E-state index in [-0.39, 0.29) is 5.69 Å². The van der Waals surface area contributed by atoms with Gasteiger partial charge >= 0.3 is 5.69 Å². The van der Waals surface area contributed by atoms with Gasteiger partial charge in [0.2, 0.25) is 0 Å². The van der Waals surface area contributed by atoms with Crippen LogP contribution < -0.4 is 5.69 Å². The molecule has 3 aromatic rings. The van der Waals surface area contributed by atoms with Gasteiger partial charge in [-0.25, -0.2) is 4.79 Å². The smallest absolute Gasteiger partial charge is 0.305 e. The first-order chi connectivity index (χ1) is 8.66. The number of aromatic amines is 1. The third-order valence-corrected chi connectivity index (χ3v) is 3.29. The highest BCUT2D eigenvalue weighted by atomic mass is 35.5. The number of imidazole rings is 1. The summed E-state index contributed by atoms with van der Waals surface area (Å²) in [7, 11) is 0. The van der Waals surface area contributed by atoms with Crippen molar-refractivity contribution in [2.45, 2.75) is 0 Å². The summed E-state index contributed by atoms with van der Waals surface area (Å²) < 4.78 is 1.52. The predicted molar refractivity (Wildman–Crippen MR) is 73.9 cm³/mol. The molecule has 18 heavy (non-hydrogen) atoms. The van der Waals surface area contributed by atoms with Gasteiger partial charge in [-0.3, -0.25) is 4.57 Å². The molecule has 0 radical (unpaired) electrons. The van der Waals surface area contributed by atoms with Gasteiger partial charge in [0, 0.05) is 5.02 Å². The summed E-state index contributed by atoms with van der Waals surface area (Å²) in [6, 6.07) is 12.4. The van der Waals surface area contributed by atoms with Crippen LogP contribution in [0.2, 0.25) is 10.0 Å². The molecule has 1 heterocycles. The lowest BCUT2D eigenvalue weighted by molar-refractivity contribution is 1.02. The SMILES string of the molecule is O=c1[nH]c2ccc(Cl)cc2n1-c1ccccc1Cl. The van der Waals surface area contributed by atoms with Crippen LogP contribution >= 0.6 is 23.2 Å². The highest BCUT2D eigenvalue weighted by molar-refractivity contribution is 6.32. The summed E-state index contributed by atoms with van der Waals surface area (Å²) in [5.74, 6) is 0. The summed E-state index contributed by atoms with van der Waals surface area (Å²) in [6.07, 6.45) is 0. The third kappa shape index (κ3) is 1.72. The monoisotopic (exact) mass is 278 g/mol. The quantitative estimate of drug-likeness (QED) is 0.725. The molecule has 0 fully saturated rings. The lowest BCUT2D eigenvalue weighted by Gasteiger charge is -2.05. The van der Waals surface area contributed by atoms with Crippen LogP contribution in [-0.2, 0) is 0 Å². The molecule has 0 saturated carbocycles. The van der Waals surface area contributed by atoms with Crippen molar-refractivity contribution in [1.29, 1.82) is 0 Å². The maximum atomic E-state index is 12.0. The number of hydrogen-bond acceptors (Lipinski definition) is 1. The van der Waals surface area contributed by atoms with E-state index < -0.39 is 0 Å². The van der Waals surface area contributed by atoms with Crippen molar-refractivity contribution in [2.24, 2.45) is 0 Å². The maximum absolute atomic E-state index is 12.0. The number of benzene rings is 2. The fourth-order valence-electron chi connectivity index (χ4n) is 1.95. The molecular weight excluding hydrogens is 271 g/mol. The molecule has 2 aromatic carbocycles. The van der Waals surface area contributed by atoms with Crippen LogP contribution in [0.5, 0.6) is 0 Å². The molecule has 1 N–H and O–H groups in total. The lowest BCUT2D eigenvalue weighted by Crippen LogP contribution is -2.14. The minimum atomic E-state index is -0.236. The Kier molecular flexibility index (Phi) is 2.65. The predicted octanol–water partition coefficient (Wildman–Crippen LogP) is 3.63. The van der Waals surface area contributed by atoms with E-state index in [9.17, 15) is 4.79 Å². The molecule has 0 aliphatic carbocycles. The van der Waals surface area contributed by atoms with E-state index in [1.54, 1.807) is 30.3 Å². The normalized spacial score (nSPS) is 11.0. The Morgan fingerprint density at radius 3 is 2.61 bits per heavy atom. The second-order valence-electron chi connectivity index (χ2n) is 3.88. The number of hydrogen-bond donors (Lipinski definition) is 1. The van der Waals surface area contributed by atoms with Crippen LogP contribution in [0, 0.1) is 0 Å². The standard InChI is InChI=1S/C13H8Cl2N2O/c14-8-5-6-10-12(7-8)17(13(18)16-10)11-4-2-1-3-9(11)15/h1-7H,(H,16,18). The molecule has 0 atom stereocenters. The summed E-state index contributed by atoms with van der Waals surface area (Å²) in [4.78, 5) is 14.8. The molecular formula is C13H8Cl2N2O. The van der Waals surface area contributed by atoms with Crippen LogP contribution in [0.4, 0.5) is 0 Å². The van der Waals surface area contributed by atoms with Crippen LogP contribution in [0.3, 0.4) is 0 Å². The van der Waals surface area contributed by atoms with E-state index in [4.69, 9.17) is 23.2 Å². The van der Waals surface area contributed by atoms with Gasteiger partial charge in [0.1, 0.15) is 0 Å². The van der Waals surface area contributed by atoms with Crippen LogP contribution in [-0.4, -0.2) is 9.55 Å². The summed E-state index contributed by atoms with van der Waals surface area (Å²) in [6.45, 7) is 0. The molecule has 3 rings (SSSR count). The molecule has 3 nitrogen and oxygen atoms in total. The topological polar surface area (TPSA) is 37.8 Å². The molecule has 0 spiro atoms. The van der Waals surface area contributed by atoms with Gasteiger partial charge in [0.15, 0.2) is 0 Å². The van der Waals surface area contributed by atoms with Gasteiger partial charge in [-0.05, 0) is 30.3 Å². The van der Waals surface area contributed by atoms with Gasteiger partial charge in [0.05, 0.1) is 21.7 Å². The molecule has 0 amide bonds. The first kappa shape index (κ1) is 11.4. The lowest BCUT2D eigenvalue weighted by atomic mass is 10.3. The van der Waals surface area contributed by atoms with Gasteiger partial charge < -0.3 is 4.98 Å². The number of nitrogens with zero attached hydrogens (tertiary/aromatic N) is 1. The fourth-order valence-corrected chi connectivity index (χ4v) is 2.33. The Bertz CT molecular complexity index is 789. The molecule has 1 aromatic heterocycles. The van der Waals surface area contributed by atoms with Crippen LogP contribution in [0.1, 0.15) is 0 Å². The highest BCUT2D eigenvalue weighted by Crippen LogP contribution is 2.24. The summed E-state index contributed by atoms with van der Waals surface area (Å²) in [5.41, 5.74) is 1.84. The van der Waals surface area contributed by atoms with E-state index in [0.717, 1.165) is 5.52 Å². The maximum Gasteiger partial charge on any atom is 0.331 e. The average Bonchev–Trinajstić information content (AvgIpc) is 2.66. The van der Waals surface area contributed by atoms with Crippen molar-refractivity contribution in [3.63, 3.8) is 0 Å². The van der Waals surface area contributed by atoms with E-state index in [1.807, 2.05) is 12.1 Å². The molecule has 90 valence electrons. The van der Waals surface area contributed by atoms with Gasteiger partial charge in [-0.2, -0.15) is 0 Å². The zero-order chi connectivity index (χ0) is 12.7. The van der Waals surface area contributed by atoms with Gasteiger partial charge in [-0.15, -0.1) is 0 Å². The molecule has 0 aliphatic rings. The molecule has 0 unspecified atom stereocenters. The molecule has 0 bridgehead atoms. The number of aromatic nitrogens is 2. The first-order valence-corrected chi connectivity index (χ1v) is 6.07. The Labute approximate surface area is 113 Å².